The Kier molecular flexibility index (Phi) is 5.68. The summed E-state index contributed by atoms with van der Waals surface area (Å²) in [5.41, 5.74) is 2.38. The molecule has 0 amide bonds. The van der Waals surface area contributed by atoms with Crippen LogP contribution in [0.1, 0.15) is 53.5 Å². The van der Waals surface area contributed by atoms with Gasteiger partial charge in [-0.1, -0.05) is 42.5 Å². The van der Waals surface area contributed by atoms with Crippen LogP contribution in [0.5, 0.6) is 0 Å². The van der Waals surface area contributed by atoms with Crippen LogP contribution in [0, 0.1) is 0 Å². The minimum absolute atomic E-state index is 0.180. The van der Waals surface area contributed by atoms with Crippen molar-refractivity contribution in [2.75, 3.05) is 7.11 Å². The highest BCUT2D eigenvalue weighted by Crippen LogP contribution is 2.40. The molecule has 3 rings (SSSR count). The van der Waals surface area contributed by atoms with Crippen LogP contribution in [0.2, 0.25) is 0 Å². The summed E-state index contributed by atoms with van der Waals surface area (Å²) in [5, 5.41) is 0. The summed E-state index contributed by atoms with van der Waals surface area (Å²) in [7, 11) is 1.36. The molecule has 26 heavy (non-hydrogen) atoms. The molecule has 0 radical (unpaired) electrons. The molecular weight excluding hydrogens is 332 g/mol. The van der Waals surface area contributed by atoms with Crippen molar-refractivity contribution in [2.45, 2.75) is 38.1 Å². The van der Waals surface area contributed by atoms with Gasteiger partial charge in [0.15, 0.2) is 0 Å². The molecule has 0 aliphatic carbocycles. The number of benzene rings is 2. The Hall–Kier alpha value is -2.66. The maximum absolute atomic E-state index is 11.8. The van der Waals surface area contributed by atoms with E-state index in [9.17, 15) is 9.59 Å². The molecular formula is C21H22O5. The fraction of sp³-hybridized carbons (Fsp3) is 0.333. The average Bonchev–Trinajstić information content (AvgIpc) is 2.67. The first-order valence-electron chi connectivity index (χ1n) is 8.62. The fourth-order valence-electron chi connectivity index (χ4n) is 3.29. The Morgan fingerprint density at radius 2 is 1.62 bits per heavy atom. The van der Waals surface area contributed by atoms with Crippen molar-refractivity contribution in [3.63, 3.8) is 0 Å². The molecule has 5 heteroatoms. The van der Waals surface area contributed by atoms with E-state index in [-0.39, 0.29) is 30.3 Å². The van der Waals surface area contributed by atoms with Gasteiger partial charge in [-0.3, -0.25) is 4.79 Å². The van der Waals surface area contributed by atoms with E-state index in [2.05, 4.69) is 0 Å². The van der Waals surface area contributed by atoms with Crippen LogP contribution >= 0.6 is 0 Å². The van der Waals surface area contributed by atoms with E-state index in [1.54, 1.807) is 18.2 Å². The largest absolute Gasteiger partial charge is 0.465 e. The van der Waals surface area contributed by atoms with E-state index in [4.69, 9.17) is 14.2 Å². The molecule has 1 aliphatic rings. The molecule has 3 atom stereocenters. The van der Waals surface area contributed by atoms with Crippen molar-refractivity contribution in [1.29, 1.82) is 0 Å². The first-order valence-corrected chi connectivity index (χ1v) is 8.62. The Bertz CT molecular complexity index is 771. The predicted octanol–water partition coefficient (Wildman–Crippen LogP) is 4.00. The van der Waals surface area contributed by atoms with E-state index >= 15 is 0 Å². The van der Waals surface area contributed by atoms with Crippen LogP contribution in [-0.4, -0.2) is 25.2 Å². The van der Waals surface area contributed by atoms with E-state index in [1.165, 1.54) is 14.0 Å². The summed E-state index contributed by atoms with van der Waals surface area (Å²) < 4.78 is 16.6. The van der Waals surface area contributed by atoms with Crippen molar-refractivity contribution in [3.8, 4) is 0 Å². The van der Waals surface area contributed by atoms with E-state index < -0.39 is 0 Å². The summed E-state index contributed by atoms with van der Waals surface area (Å²) in [6, 6.07) is 17.1. The molecule has 0 saturated carbocycles. The Morgan fingerprint density at radius 1 is 0.962 bits per heavy atom. The number of esters is 2. The van der Waals surface area contributed by atoms with Crippen LogP contribution in [-0.2, 0) is 19.0 Å². The average molecular weight is 354 g/mol. The summed E-state index contributed by atoms with van der Waals surface area (Å²) in [5.74, 6) is -0.690. The van der Waals surface area contributed by atoms with Gasteiger partial charge in [-0.05, 0) is 23.3 Å². The van der Waals surface area contributed by atoms with E-state index in [1.807, 2.05) is 36.4 Å². The molecule has 0 N–H and O–H groups in total. The van der Waals surface area contributed by atoms with Crippen LogP contribution < -0.4 is 0 Å². The van der Waals surface area contributed by atoms with Gasteiger partial charge in [0, 0.05) is 19.8 Å². The number of rotatable bonds is 4. The third-order valence-corrected chi connectivity index (χ3v) is 4.47. The minimum atomic E-state index is -0.390. The molecule has 0 spiro atoms. The summed E-state index contributed by atoms with van der Waals surface area (Å²) >= 11 is 0. The van der Waals surface area contributed by atoms with Gasteiger partial charge >= 0.3 is 11.9 Å². The molecule has 1 aliphatic heterocycles. The Morgan fingerprint density at radius 3 is 2.27 bits per heavy atom. The predicted molar refractivity (Wildman–Crippen MR) is 95.6 cm³/mol. The lowest BCUT2D eigenvalue weighted by Gasteiger charge is -2.35. The van der Waals surface area contributed by atoms with Crippen LogP contribution in [0.15, 0.2) is 54.6 Å². The number of carbonyl (C=O) groups is 2. The number of ether oxygens (including phenoxy) is 3. The summed E-state index contributed by atoms with van der Waals surface area (Å²) in [6.45, 7) is 1.42. The number of methoxy groups -OCH3 is 1. The van der Waals surface area contributed by atoms with Gasteiger partial charge in [-0.25, -0.2) is 4.79 Å². The van der Waals surface area contributed by atoms with Gasteiger partial charge < -0.3 is 14.2 Å². The quantitative estimate of drug-likeness (QED) is 0.777. The molecule has 1 saturated heterocycles. The Balaban J connectivity index is 1.87. The molecule has 1 heterocycles. The first kappa shape index (κ1) is 18.1. The van der Waals surface area contributed by atoms with Crippen molar-refractivity contribution in [1.82, 2.24) is 0 Å². The summed E-state index contributed by atoms with van der Waals surface area (Å²) in [4.78, 5) is 23.3. The molecule has 0 unspecified atom stereocenters. The van der Waals surface area contributed by atoms with Gasteiger partial charge in [-0.15, -0.1) is 0 Å². The highest BCUT2D eigenvalue weighted by molar-refractivity contribution is 5.89. The maximum atomic E-state index is 11.8. The third-order valence-electron chi connectivity index (χ3n) is 4.47. The number of hydrogen-bond donors (Lipinski definition) is 0. The van der Waals surface area contributed by atoms with Crippen molar-refractivity contribution in [2.24, 2.45) is 0 Å². The van der Waals surface area contributed by atoms with Gasteiger partial charge in [0.25, 0.3) is 0 Å². The second-order valence-electron chi connectivity index (χ2n) is 6.34. The monoisotopic (exact) mass is 354 g/mol. The second kappa shape index (κ2) is 8.15. The molecule has 2 aromatic rings. The van der Waals surface area contributed by atoms with Gasteiger partial charge in [-0.2, -0.15) is 0 Å². The highest BCUT2D eigenvalue weighted by atomic mass is 16.6. The lowest BCUT2D eigenvalue weighted by Crippen LogP contribution is -2.30. The second-order valence-corrected chi connectivity index (χ2v) is 6.34. The SMILES string of the molecule is COC(=O)c1cccc([C@@H]2C[C@@H](OC(C)=O)C[C@@H](c3ccccc3)O2)c1. The van der Waals surface area contributed by atoms with Crippen LogP contribution in [0.25, 0.3) is 0 Å². The molecule has 2 aromatic carbocycles. The topological polar surface area (TPSA) is 61.8 Å². The Labute approximate surface area is 152 Å². The third kappa shape index (κ3) is 4.29. The smallest absolute Gasteiger partial charge is 0.337 e. The molecule has 0 aromatic heterocycles. The summed E-state index contributed by atoms with van der Waals surface area (Å²) in [6.07, 6.45) is 0.465. The molecule has 1 fully saturated rings. The van der Waals surface area contributed by atoms with Crippen LogP contribution in [0.4, 0.5) is 0 Å². The normalized spacial score (nSPS) is 22.5. The minimum Gasteiger partial charge on any atom is -0.465 e. The van der Waals surface area contributed by atoms with Crippen LogP contribution in [0.3, 0.4) is 0 Å². The van der Waals surface area contributed by atoms with Gasteiger partial charge in [0.2, 0.25) is 0 Å². The van der Waals surface area contributed by atoms with Crippen molar-refractivity contribution < 1.29 is 23.8 Å². The van der Waals surface area contributed by atoms with Crippen molar-refractivity contribution in [3.05, 3.63) is 71.3 Å². The van der Waals surface area contributed by atoms with Gasteiger partial charge in [0.1, 0.15) is 6.10 Å². The highest BCUT2D eigenvalue weighted by Gasteiger charge is 2.33. The molecule has 5 nitrogen and oxygen atoms in total. The molecule has 0 bridgehead atoms. The van der Waals surface area contributed by atoms with E-state index in [0.29, 0.717) is 18.4 Å². The number of carbonyl (C=O) groups excluding carboxylic acids is 2. The zero-order chi connectivity index (χ0) is 18.5. The first-order chi connectivity index (χ1) is 12.6. The van der Waals surface area contributed by atoms with E-state index in [0.717, 1.165) is 11.1 Å². The molecule has 136 valence electrons. The lowest BCUT2D eigenvalue weighted by molar-refractivity contribution is -0.160. The lowest BCUT2D eigenvalue weighted by atomic mass is 9.92. The zero-order valence-corrected chi connectivity index (χ0v) is 14.9. The number of hydrogen-bond acceptors (Lipinski definition) is 5. The maximum Gasteiger partial charge on any atom is 0.337 e. The zero-order valence-electron chi connectivity index (χ0n) is 14.9. The fourth-order valence-corrected chi connectivity index (χ4v) is 3.29. The van der Waals surface area contributed by atoms with Gasteiger partial charge in [0.05, 0.1) is 24.9 Å². The standard InChI is InChI=1S/C21H22O5/c1-14(22)25-18-12-19(15-7-4-3-5-8-15)26-20(13-18)16-9-6-10-17(11-16)21(23)24-2/h3-11,18-20H,12-13H2,1-2H3/t18-,19-,20-/m0/s1. The van der Waals surface area contributed by atoms with Crippen molar-refractivity contribution >= 4 is 11.9 Å².